The average Bonchev–Trinajstić information content (AvgIpc) is 3.43. The summed E-state index contributed by atoms with van der Waals surface area (Å²) in [5, 5.41) is 4.85. The molecule has 33 heavy (non-hydrogen) atoms. The lowest BCUT2D eigenvalue weighted by Crippen LogP contribution is -2.38. The van der Waals surface area contributed by atoms with E-state index in [1.807, 2.05) is 52.9 Å². The first-order valence-electron chi connectivity index (χ1n) is 11.9. The lowest BCUT2D eigenvalue weighted by Gasteiger charge is -2.35. The molecule has 2 saturated heterocycles. The molecule has 1 aromatic carbocycles. The van der Waals surface area contributed by atoms with Gasteiger partial charge in [-0.25, -0.2) is 9.50 Å². The van der Waals surface area contributed by atoms with Gasteiger partial charge in [0.05, 0.1) is 11.7 Å². The third-order valence-electron chi connectivity index (χ3n) is 6.91. The van der Waals surface area contributed by atoms with Crippen molar-refractivity contribution in [2.24, 2.45) is 11.5 Å². The number of piperidine rings is 1. The molecular weight excluding hydrogens is 414 g/mol. The van der Waals surface area contributed by atoms with Gasteiger partial charge in [-0.05, 0) is 57.2 Å². The third kappa shape index (κ3) is 4.20. The van der Waals surface area contributed by atoms with Gasteiger partial charge in [0.2, 0.25) is 0 Å². The van der Waals surface area contributed by atoms with E-state index in [-0.39, 0.29) is 24.0 Å². The zero-order valence-corrected chi connectivity index (χ0v) is 19.4. The fraction of sp³-hybridized carbons (Fsp3) is 0.480. The molecule has 4 heterocycles. The summed E-state index contributed by atoms with van der Waals surface area (Å²) in [6.07, 6.45) is 5.99. The summed E-state index contributed by atoms with van der Waals surface area (Å²) < 4.78 is 1.85. The zero-order chi connectivity index (χ0) is 23.1. The number of carbonyl (C=O) groups excluding carboxylic acids is 1. The van der Waals surface area contributed by atoms with Crippen LogP contribution in [-0.2, 0) is 0 Å². The summed E-state index contributed by atoms with van der Waals surface area (Å²) in [5.41, 5.74) is 16.6. The molecule has 4 N–H and O–H groups in total. The molecule has 0 bridgehead atoms. The lowest BCUT2D eigenvalue weighted by atomic mass is 9.97. The number of amides is 1. The number of aryl methyl sites for hydroxylation is 1. The SMILES string of the molecule is Cc1cn2nc(C3CCCCN3C(=O)c3cccc(C(C)N)c3)cc2nc1N1CCC(N)C1. The molecule has 2 aromatic heterocycles. The number of hydrogen-bond donors (Lipinski definition) is 2. The highest BCUT2D eigenvalue weighted by molar-refractivity contribution is 5.94. The summed E-state index contributed by atoms with van der Waals surface area (Å²) in [6, 6.07) is 9.74. The summed E-state index contributed by atoms with van der Waals surface area (Å²) in [6.45, 7) is 6.48. The van der Waals surface area contributed by atoms with Crippen molar-refractivity contribution < 1.29 is 4.79 Å². The number of hydrogen-bond acceptors (Lipinski definition) is 6. The van der Waals surface area contributed by atoms with Crippen LogP contribution in [0, 0.1) is 6.92 Å². The average molecular weight is 448 g/mol. The Labute approximate surface area is 194 Å². The van der Waals surface area contributed by atoms with Crippen molar-refractivity contribution in [2.75, 3.05) is 24.5 Å². The quantitative estimate of drug-likeness (QED) is 0.637. The van der Waals surface area contributed by atoms with E-state index in [9.17, 15) is 4.79 Å². The van der Waals surface area contributed by atoms with E-state index >= 15 is 0 Å². The number of carbonyl (C=O) groups is 1. The Kier molecular flexibility index (Phi) is 5.80. The lowest BCUT2D eigenvalue weighted by molar-refractivity contribution is 0.0605. The van der Waals surface area contributed by atoms with E-state index in [4.69, 9.17) is 21.5 Å². The third-order valence-corrected chi connectivity index (χ3v) is 6.91. The molecule has 2 fully saturated rings. The van der Waals surface area contributed by atoms with Gasteiger partial charge in [0.15, 0.2) is 5.65 Å². The molecule has 2 aliphatic rings. The first-order valence-corrected chi connectivity index (χ1v) is 11.9. The van der Waals surface area contributed by atoms with Crippen molar-refractivity contribution in [3.05, 3.63) is 58.9 Å². The number of likely N-dealkylation sites (tertiary alicyclic amines) is 1. The van der Waals surface area contributed by atoms with Crippen LogP contribution >= 0.6 is 0 Å². The molecule has 0 spiro atoms. The van der Waals surface area contributed by atoms with Crippen molar-refractivity contribution >= 4 is 17.4 Å². The van der Waals surface area contributed by atoms with Crippen molar-refractivity contribution in [3.63, 3.8) is 0 Å². The molecule has 2 aliphatic heterocycles. The fourth-order valence-electron chi connectivity index (χ4n) is 5.08. The van der Waals surface area contributed by atoms with Crippen LogP contribution in [0.4, 0.5) is 5.82 Å². The van der Waals surface area contributed by atoms with Crippen LogP contribution in [0.3, 0.4) is 0 Å². The van der Waals surface area contributed by atoms with Crippen LogP contribution < -0.4 is 16.4 Å². The van der Waals surface area contributed by atoms with Gasteiger partial charge >= 0.3 is 0 Å². The van der Waals surface area contributed by atoms with Crippen LogP contribution in [0.15, 0.2) is 36.5 Å². The second-order valence-corrected chi connectivity index (χ2v) is 9.54. The zero-order valence-electron chi connectivity index (χ0n) is 19.4. The van der Waals surface area contributed by atoms with Crippen LogP contribution in [0.2, 0.25) is 0 Å². The Morgan fingerprint density at radius 3 is 2.79 bits per heavy atom. The van der Waals surface area contributed by atoms with E-state index in [0.29, 0.717) is 5.56 Å². The molecule has 0 aliphatic carbocycles. The molecule has 3 unspecified atom stereocenters. The van der Waals surface area contributed by atoms with E-state index in [2.05, 4.69) is 11.8 Å². The van der Waals surface area contributed by atoms with Gasteiger partial charge in [-0.1, -0.05) is 12.1 Å². The Hall–Kier alpha value is -2.97. The smallest absolute Gasteiger partial charge is 0.254 e. The minimum absolute atomic E-state index is 0.0372. The van der Waals surface area contributed by atoms with Gasteiger partial charge in [-0.2, -0.15) is 5.10 Å². The molecule has 174 valence electrons. The number of benzene rings is 1. The molecule has 3 atom stereocenters. The highest BCUT2D eigenvalue weighted by Crippen LogP contribution is 2.33. The first kappa shape index (κ1) is 21.9. The molecule has 8 nitrogen and oxygen atoms in total. The number of rotatable bonds is 4. The Morgan fingerprint density at radius 1 is 1.18 bits per heavy atom. The van der Waals surface area contributed by atoms with Gasteiger partial charge in [-0.15, -0.1) is 0 Å². The Bertz CT molecular complexity index is 1170. The molecule has 0 radical (unpaired) electrons. The largest absolute Gasteiger partial charge is 0.355 e. The van der Waals surface area contributed by atoms with Crippen molar-refractivity contribution in [2.45, 2.75) is 57.7 Å². The summed E-state index contributed by atoms with van der Waals surface area (Å²) in [4.78, 5) is 22.7. The highest BCUT2D eigenvalue weighted by Gasteiger charge is 2.31. The fourth-order valence-corrected chi connectivity index (χ4v) is 5.08. The minimum atomic E-state index is -0.109. The molecule has 0 saturated carbocycles. The molecule has 8 heteroatoms. The maximum Gasteiger partial charge on any atom is 0.254 e. The van der Waals surface area contributed by atoms with E-state index in [1.54, 1.807) is 0 Å². The molecular formula is C25H33N7O. The Balaban J connectivity index is 1.46. The number of fused-ring (bicyclic) bond motifs is 1. The van der Waals surface area contributed by atoms with Crippen molar-refractivity contribution in [1.29, 1.82) is 0 Å². The van der Waals surface area contributed by atoms with Crippen molar-refractivity contribution in [3.8, 4) is 0 Å². The number of nitrogens with two attached hydrogens (primary N) is 2. The summed E-state index contributed by atoms with van der Waals surface area (Å²) in [7, 11) is 0. The Morgan fingerprint density at radius 2 is 2.03 bits per heavy atom. The number of nitrogens with zero attached hydrogens (tertiary/aromatic N) is 5. The predicted molar refractivity (Wildman–Crippen MR) is 129 cm³/mol. The minimum Gasteiger partial charge on any atom is -0.355 e. The van der Waals surface area contributed by atoms with Crippen LogP contribution in [0.5, 0.6) is 0 Å². The first-order chi connectivity index (χ1) is 15.9. The topological polar surface area (TPSA) is 106 Å². The highest BCUT2D eigenvalue weighted by atomic mass is 16.2. The maximum atomic E-state index is 13.5. The standard InChI is InChI=1S/C25H33N7O/c1-16-14-32-23(28-24(16)30-11-9-20(27)15-30)13-21(29-32)22-8-3-4-10-31(22)25(33)19-7-5-6-18(12-19)17(2)26/h5-7,12-14,17,20,22H,3-4,8-11,15,26-27H2,1-2H3. The number of aromatic nitrogens is 3. The molecule has 3 aromatic rings. The van der Waals surface area contributed by atoms with Crippen LogP contribution in [-0.4, -0.2) is 51.1 Å². The summed E-state index contributed by atoms with van der Waals surface area (Å²) in [5.74, 6) is 1.02. The predicted octanol–water partition coefficient (Wildman–Crippen LogP) is 2.96. The van der Waals surface area contributed by atoms with Gasteiger partial charge in [-0.3, -0.25) is 4.79 Å². The van der Waals surface area contributed by atoms with Gasteiger partial charge in [0.25, 0.3) is 5.91 Å². The second-order valence-electron chi connectivity index (χ2n) is 9.54. The molecule has 1 amide bonds. The van der Waals surface area contributed by atoms with Crippen molar-refractivity contribution in [1.82, 2.24) is 19.5 Å². The van der Waals surface area contributed by atoms with E-state index in [0.717, 1.165) is 73.6 Å². The van der Waals surface area contributed by atoms with Crippen LogP contribution in [0.25, 0.3) is 5.65 Å². The summed E-state index contributed by atoms with van der Waals surface area (Å²) >= 11 is 0. The van der Waals surface area contributed by atoms with Gasteiger partial charge in [0.1, 0.15) is 5.82 Å². The maximum absolute atomic E-state index is 13.5. The van der Waals surface area contributed by atoms with Gasteiger partial charge in [0, 0.05) is 55.1 Å². The van der Waals surface area contributed by atoms with Crippen LogP contribution in [0.1, 0.15) is 71.9 Å². The van der Waals surface area contributed by atoms with E-state index in [1.165, 1.54) is 0 Å². The monoisotopic (exact) mass is 447 g/mol. The molecule has 5 rings (SSSR count). The second kappa shape index (κ2) is 8.76. The van der Waals surface area contributed by atoms with Gasteiger partial charge < -0.3 is 21.3 Å². The normalized spacial score (nSPS) is 22.2. The number of anilines is 1. The van der Waals surface area contributed by atoms with E-state index < -0.39 is 0 Å².